The number of nitrogens with one attached hydrogen (secondary N) is 1. The van der Waals surface area contributed by atoms with Gasteiger partial charge in [-0.05, 0) is 89.9 Å². The van der Waals surface area contributed by atoms with E-state index in [1.54, 1.807) is 38.0 Å². The number of likely N-dealkylation sites (N-methyl/N-ethyl adjacent to an activating group) is 1. The molecule has 1 amide bonds. The van der Waals surface area contributed by atoms with Crippen molar-refractivity contribution in [3.63, 3.8) is 0 Å². The molecule has 1 aliphatic rings. The number of sulfonamides is 1. The minimum Gasteiger partial charge on any atom is -0.497 e. The molecule has 3 aromatic rings. The molecule has 0 radical (unpaired) electrons. The zero-order valence-corrected chi connectivity index (χ0v) is 29.9. The Morgan fingerprint density at radius 1 is 1.15 bits per heavy atom. The molecular formula is C35H50N4O8S. The Morgan fingerprint density at radius 3 is 2.52 bits per heavy atom. The number of benzene rings is 2. The van der Waals surface area contributed by atoms with Crippen molar-refractivity contribution in [2.24, 2.45) is 5.92 Å². The van der Waals surface area contributed by atoms with Crippen LogP contribution >= 0.6 is 0 Å². The van der Waals surface area contributed by atoms with Gasteiger partial charge in [0.25, 0.3) is 15.9 Å². The molecule has 1 aliphatic heterocycles. The number of methoxy groups -OCH3 is 1. The minimum absolute atomic E-state index is 0.0499. The first-order valence-electron chi connectivity index (χ1n) is 16.4. The summed E-state index contributed by atoms with van der Waals surface area (Å²) < 4.78 is 52.3. The van der Waals surface area contributed by atoms with Crippen LogP contribution in [-0.4, -0.2) is 93.1 Å². The maximum absolute atomic E-state index is 14.4. The number of aryl methyl sites for hydroxylation is 2. The molecule has 0 spiro atoms. The minimum atomic E-state index is -4.06. The van der Waals surface area contributed by atoms with Gasteiger partial charge >= 0.3 is 0 Å². The van der Waals surface area contributed by atoms with E-state index in [-0.39, 0.29) is 58.2 Å². The number of amides is 1. The van der Waals surface area contributed by atoms with Crippen LogP contribution in [0.4, 0.5) is 5.69 Å². The first-order chi connectivity index (χ1) is 22.8. The molecule has 2 heterocycles. The lowest BCUT2D eigenvalue weighted by Crippen LogP contribution is -2.47. The third-order valence-corrected chi connectivity index (χ3v) is 10.3. The van der Waals surface area contributed by atoms with Gasteiger partial charge in [0.05, 0.1) is 37.5 Å². The zero-order valence-electron chi connectivity index (χ0n) is 29.1. The van der Waals surface area contributed by atoms with Gasteiger partial charge < -0.3 is 28.7 Å². The molecular weight excluding hydrogens is 636 g/mol. The molecule has 2 N–H and O–H groups in total. The standard InChI is InChI=1S/C35H50N4O8S/c1-23-19-39(24(2)22-40)35(41)31-18-29(37-48(42,43)34-26(4)36-47-27(34)5)13-16-32(31)46-25(3)10-8-9-17-45-33(23)21-38(6)20-28-11-14-30(44-7)15-12-28/h11-16,18,23-25,33,37,40H,8-10,17,19-22H2,1-7H3/t23-,24+,25-,33-/m0/s1. The molecule has 0 fully saturated rings. The highest BCUT2D eigenvalue weighted by molar-refractivity contribution is 7.92. The van der Waals surface area contributed by atoms with Crippen LogP contribution in [0.2, 0.25) is 0 Å². The number of carbonyl (C=O) groups is 1. The fraction of sp³-hybridized carbons (Fsp3) is 0.543. The third-order valence-electron chi connectivity index (χ3n) is 8.64. The number of carbonyl (C=O) groups excluding carboxylic acids is 1. The summed E-state index contributed by atoms with van der Waals surface area (Å²) >= 11 is 0. The summed E-state index contributed by atoms with van der Waals surface area (Å²) in [6.07, 6.45) is 2.06. The van der Waals surface area contributed by atoms with Gasteiger partial charge in [-0.2, -0.15) is 0 Å². The van der Waals surface area contributed by atoms with Crippen molar-refractivity contribution in [2.75, 3.05) is 45.2 Å². The quantitative estimate of drug-likeness (QED) is 0.298. The molecule has 0 saturated heterocycles. The molecule has 12 nitrogen and oxygen atoms in total. The maximum Gasteiger partial charge on any atom is 0.267 e. The number of hydrogen-bond donors (Lipinski definition) is 2. The van der Waals surface area contributed by atoms with Crippen molar-refractivity contribution in [1.29, 1.82) is 0 Å². The second-order valence-electron chi connectivity index (χ2n) is 12.8. The summed E-state index contributed by atoms with van der Waals surface area (Å²) in [6.45, 7) is 10.8. The number of aliphatic hydroxyl groups is 1. The number of aliphatic hydroxyl groups excluding tert-OH is 1. The Morgan fingerprint density at radius 2 is 1.88 bits per heavy atom. The fourth-order valence-corrected chi connectivity index (χ4v) is 7.31. The van der Waals surface area contributed by atoms with E-state index in [9.17, 15) is 18.3 Å². The van der Waals surface area contributed by atoms with Crippen LogP contribution in [0, 0.1) is 19.8 Å². The number of rotatable bonds is 10. The SMILES string of the molecule is COc1ccc(CN(C)C[C@@H]2OCCCC[C@H](C)Oc3ccc(NS(=O)(=O)c4c(C)noc4C)cc3C(=O)N([C@H](C)CO)C[C@@H]2C)cc1. The van der Waals surface area contributed by atoms with Crippen LogP contribution in [0.15, 0.2) is 51.9 Å². The number of ether oxygens (including phenoxy) is 3. The van der Waals surface area contributed by atoms with Gasteiger partial charge in [-0.1, -0.05) is 24.2 Å². The average Bonchev–Trinajstić information content (AvgIpc) is 3.40. The summed E-state index contributed by atoms with van der Waals surface area (Å²) in [6, 6.07) is 12.1. The first-order valence-corrected chi connectivity index (χ1v) is 17.9. The molecule has 0 unspecified atom stereocenters. The smallest absolute Gasteiger partial charge is 0.267 e. The van der Waals surface area contributed by atoms with Crippen LogP contribution in [-0.2, 0) is 21.3 Å². The molecule has 264 valence electrons. The second-order valence-corrected chi connectivity index (χ2v) is 14.4. The molecule has 48 heavy (non-hydrogen) atoms. The first kappa shape index (κ1) is 37.2. The van der Waals surface area contributed by atoms with Crippen LogP contribution in [0.25, 0.3) is 0 Å². The van der Waals surface area contributed by atoms with Crippen LogP contribution in [0.3, 0.4) is 0 Å². The van der Waals surface area contributed by atoms with E-state index in [4.69, 9.17) is 18.7 Å². The fourth-order valence-electron chi connectivity index (χ4n) is 5.93. The van der Waals surface area contributed by atoms with E-state index in [2.05, 4.69) is 21.7 Å². The van der Waals surface area contributed by atoms with Gasteiger partial charge in [-0.15, -0.1) is 0 Å². The summed E-state index contributed by atoms with van der Waals surface area (Å²) in [5.74, 6) is 0.827. The average molecular weight is 687 g/mol. The van der Waals surface area contributed by atoms with Crippen molar-refractivity contribution in [1.82, 2.24) is 15.0 Å². The second kappa shape index (κ2) is 16.6. The molecule has 1 aromatic heterocycles. The van der Waals surface area contributed by atoms with Gasteiger partial charge in [0.15, 0.2) is 10.7 Å². The van der Waals surface area contributed by atoms with E-state index in [0.29, 0.717) is 32.0 Å². The molecule has 0 bridgehead atoms. The van der Waals surface area contributed by atoms with E-state index in [0.717, 1.165) is 30.6 Å². The topological polar surface area (TPSA) is 144 Å². The molecule has 0 aliphatic carbocycles. The summed E-state index contributed by atoms with van der Waals surface area (Å²) in [4.78, 5) is 18.2. The summed E-state index contributed by atoms with van der Waals surface area (Å²) in [7, 11) is -0.369. The van der Waals surface area contributed by atoms with E-state index in [1.165, 1.54) is 13.0 Å². The molecule has 4 atom stereocenters. The highest BCUT2D eigenvalue weighted by Crippen LogP contribution is 2.30. The molecule has 4 rings (SSSR count). The number of anilines is 1. The van der Waals surface area contributed by atoms with Gasteiger partial charge in [0, 0.05) is 37.8 Å². The lowest BCUT2D eigenvalue weighted by molar-refractivity contribution is -0.0177. The van der Waals surface area contributed by atoms with Gasteiger partial charge in [0.2, 0.25) is 0 Å². The Kier molecular flexibility index (Phi) is 12.9. The van der Waals surface area contributed by atoms with Crippen LogP contribution in [0.1, 0.15) is 67.4 Å². The lowest BCUT2D eigenvalue weighted by Gasteiger charge is -2.36. The van der Waals surface area contributed by atoms with Crippen molar-refractivity contribution < 1.29 is 37.1 Å². The Bertz CT molecular complexity index is 1590. The number of hydrogen-bond acceptors (Lipinski definition) is 10. The van der Waals surface area contributed by atoms with Crippen molar-refractivity contribution in [3.8, 4) is 11.5 Å². The van der Waals surface area contributed by atoms with E-state index >= 15 is 0 Å². The largest absolute Gasteiger partial charge is 0.497 e. The lowest BCUT2D eigenvalue weighted by atomic mass is 10.0. The molecule has 2 aromatic carbocycles. The van der Waals surface area contributed by atoms with Crippen LogP contribution < -0.4 is 14.2 Å². The van der Waals surface area contributed by atoms with Crippen molar-refractivity contribution in [2.45, 2.75) is 83.6 Å². The van der Waals surface area contributed by atoms with Crippen molar-refractivity contribution >= 4 is 21.6 Å². The molecule has 0 saturated carbocycles. The number of nitrogens with zero attached hydrogens (tertiary/aromatic N) is 3. The van der Waals surface area contributed by atoms with Crippen LogP contribution in [0.5, 0.6) is 11.5 Å². The van der Waals surface area contributed by atoms with Crippen molar-refractivity contribution in [3.05, 3.63) is 65.0 Å². The number of aromatic nitrogens is 1. The Balaban J connectivity index is 1.63. The summed E-state index contributed by atoms with van der Waals surface area (Å²) in [5.41, 5.74) is 1.75. The van der Waals surface area contributed by atoms with Gasteiger partial charge in [-0.25, -0.2) is 8.42 Å². The van der Waals surface area contributed by atoms with E-state index < -0.39 is 16.1 Å². The predicted octanol–water partition coefficient (Wildman–Crippen LogP) is 5.03. The summed E-state index contributed by atoms with van der Waals surface area (Å²) in [5, 5.41) is 14.0. The third kappa shape index (κ3) is 9.49. The monoisotopic (exact) mass is 686 g/mol. The maximum atomic E-state index is 14.4. The zero-order chi connectivity index (χ0) is 35.0. The van der Waals surface area contributed by atoms with Gasteiger partial charge in [-0.3, -0.25) is 14.4 Å². The predicted molar refractivity (Wildman–Crippen MR) is 183 cm³/mol. The van der Waals surface area contributed by atoms with E-state index in [1.807, 2.05) is 38.2 Å². The highest BCUT2D eigenvalue weighted by Gasteiger charge is 2.31. The van der Waals surface area contributed by atoms with Gasteiger partial charge in [0.1, 0.15) is 17.2 Å². The molecule has 13 heteroatoms. The number of fused-ring (bicyclic) bond motifs is 1. The Labute approximate surface area is 284 Å². The normalized spacial score (nSPS) is 20.5. The Hall–Kier alpha value is -3.65. The highest BCUT2D eigenvalue weighted by atomic mass is 32.2.